The van der Waals surface area contributed by atoms with E-state index >= 15 is 0 Å². The molecule has 0 spiro atoms. The normalized spacial score (nSPS) is 10.6. The van der Waals surface area contributed by atoms with Crippen molar-refractivity contribution in [1.82, 2.24) is 24.9 Å². The number of hydrogen-bond donors (Lipinski definition) is 2. The van der Waals surface area contributed by atoms with Crippen molar-refractivity contribution in [3.05, 3.63) is 34.9 Å². The van der Waals surface area contributed by atoms with E-state index < -0.39 is 11.9 Å². The van der Waals surface area contributed by atoms with Crippen LogP contribution < -0.4 is 5.32 Å². The van der Waals surface area contributed by atoms with Crippen LogP contribution in [-0.4, -0.2) is 36.5 Å². The molecule has 0 atom stereocenters. The second kappa shape index (κ2) is 5.16. The van der Waals surface area contributed by atoms with Crippen LogP contribution in [0.3, 0.4) is 0 Å². The molecular formula is C12H15N5O3. The summed E-state index contributed by atoms with van der Waals surface area (Å²) < 4.78 is 2.96. The Morgan fingerprint density at radius 2 is 1.90 bits per heavy atom. The highest BCUT2D eigenvalue weighted by molar-refractivity contribution is 6.03. The molecule has 2 rings (SSSR count). The summed E-state index contributed by atoms with van der Waals surface area (Å²) >= 11 is 0. The molecule has 2 N–H and O–H groups in total. The first-order valence-corrected chi connectivity index (χ1v) is 5.92. The van der Waals surface area contributed by atoms with Crippen LogP contribution in [0.2, 0.25) is 0 Å². The van der Waals surface area contributed by atoms with Crippen LogP contribution in [0.25, 0.3) is 0 Å². The molecule has 0 aliphatic rings. The number of carbonyl (C=O) groups is 2. The van der Waals surface area contributed by atoms with Gasteiger partial charge in [-0.1, -0.05) is 0 Å². The lowest BCUT2D eigenvalue weighted by Gasteiger charge is -2.03. The summed E-state index contributed by atoms with van der Waals surface area (Å²) in [5.41, 5.74) is 1.48. The average molecular weight is 277 g/mol. The van der Waals surface area contributed by atoms with Crippen molar-refractivity contribution in [2.75, 3.05) is 0 Å². The molecule has 1 amide bonds. The second-order valence-electron chi connectivity index (χ2n) is 4.47. The molecule has 0 aliphatic carbocycles. The molecule has 0 unspecified atom stereocenters. The third-order valence-electron chi connectivity index (χ3n) is 2.83. The van der Waals surface area contributed by atoms with E-state index in [0.717, 1.165) is 11.3 Å². The Morgan fingerprint density at radius 3 is 2.45 bits per heavy atom. The molecular weight excluding hydrogens is 262 g/mol. The maximum Gasteiger partial charge on any atom is 0.357 e. The standard InChI is InChI=1S/C12H15N5O3/c1-7-8(5-16(2)14-7)4-13-11(18)9-6-17(3)15-10(9)12(19)20/h5-6H,4H2,1-3H3,(H,13,18)(H,19,20). The van der Waals surface area contributed by atoms with Gasteiger partial charge in [-0.3, -0.25) is 14.2 Å². The van der Waals surface area contributed by atoms with E-state index in [1.54, 1.807) is 25.0 Å². The topological polar surface area (TPSA) is 102 Å². The van der Waals surface area contributed by atoms with Gasteiger partial charge in [0.25, 0.3) is 5.91 Å². The van der Waals surface area contributed by atoms with Gasteiger partial charge in [-0.05, 0) is 6.92 Å². The lowest BCUT2D eigenvalue weighted by molar-refractivity contribution is 0.0684. The number of carboxylic acid groups (broad SMARTS) is 1. The van der Waals surface area contributed by atoms with E-state index in [4.69, 9.17) is 5.11 Å². The van der Waals surface area contributed by atoms with Crippen molar-refractivity contribution in [3.8, 4) is 0 Å². The second-order valence-corrected chi connectivity index (χ2v) is 4.47. The summed E-state index contributed by atoms with van der Waals surface area (Å²) in [6.45, 7) is 2.13. The molecule has 2 heterocycles. The van der Waals surface area contributed by atoms with Gasteiger partial charge in [-0.15, -0.1) is 0 Å². The van der Waals surface area contributed by atoms with Crippen LogP contribution >= 0.6 is 0 Å². The largest absolute Gasteiger partial charge is 0.476 e. The van der Waals surface area contributed by atoms with E-state index in [1.807, 2.05) is 6.92 Å². The molecule has 0 aromatic carbocycles. The first-order chi connectivity index (χ1) is 9.38. The zero-order chi connectivity index (χ0) is 14.9. The Morgan fingerprint density at radius 1 is 1.25 bits per heavy atom. The first kappa shape index (κ1) is 13.8. The first-order valence-electron chi connectivity index (χ1n) is 5.92. The van der Waals surface area contributed by atoms with E-state index in [9.17, 15) is 9.59 Å². The van der Waals surface area contributed by atoms with Crippen molar-refractivity contribution in [1.29, 1.82) is 0 Å². The Labute approximate surface area is 115 Å². The SMILES string of the molecule is Cc1nn(C)cc1CNC(=O)c1cn(C)nc1C(=O)O. The molecule has 20 heavy (non-hydrogen) atoms. The third-order valence-corrected chi connectivity index (χ3v) is 2.83. The minimum atomic E-state index is -1.23. The molecule has 2 aromatic heterocycles. The van der Waals surface area contributed by atoms with E-state index in [1.165, 1.54) is 10.9 Å². The average Bonchev–Trinajstić information content (AvgIpc) is 2.89. The van der Waals surface area contributed by atoms with Crippen LogP contribution in [0.1, 0.15) is 32.1 Å². The van der Waals surface area contributed by atoms with Crippen LogP contribution in [0.5, 0.6) is 0 Å². The summed E-state index contributed by atoms with van der Waals surface area (Å²) in [6, 6.07) is 0. The van der Waals surface area contributed by atoms with Crippen LogP contribution in [0.4, 0.5) is 0 Å². The van der Waals surface area contributed by atoms with Gasteiger partial charge in [0, 0.05) is 38.6 Å². The minimum Gasteiger partial charge on any atom is -0.476 e. The number of aryl methyl sites for hydroxylation is 3. The molecule has 0 fully saturated rings. The van der Waals surface area contributed by atoms with Crippen LogP contribution in [-0.2, 0) is 20.6 Å². The number of aromatic nitrogens is 4. The highest BCUT2D eigenvalue weighted by atomic mass is 16.4. The molecule has 8 heteroatoms. The van der Waals surface area contributed by atoms with Gasteiger partial charge in [-0.25, -0.2) is 4.79 Å². The zero-order valence-electron chi connectivity index (χ0n) is 11.4. The predicted molar refractivity (Wildman–Crippen MR) is 69.3 cm³/mol. The van der Waals surface area contributed by atoms with Gasteiger partial charge >= 0.3 is 5.97 Å². The van der Waals surface area contributed by atoms with Crippen LogP contribution in [0, 0.1) is 6.92 Å². The van der Waals surface area contributed by atoms with E-state index in [2.05, 4.69) is 15.5 Å². The fourth-order valence-electron chi connectivity index (χ4n) is 1.91. The molecule has 0 aliphatic heterocycles. The summed E-state index contributed by atoms with van der Waals surface area (Å²) in [6.07, 6.45) is 3.19. The fourth-order valence-corrected chi connectivity index (χ4v) is 1.91. The highest BCUT2D eigenvalue weighted by Gasteiger charge is 2.20. The predicted octanol–water partition coefficient (Wildman–Crippen LogP) is 0.0902. The number of carbonyl (C=O) groups excluding carboxylic acids is 1. The molecule has 0 saturated heterocycles. The molecule has 0 saturated carbocycles. The lowest BCUT2D eigenvalue weighted by Crippen LogP contribution is -2.24. The van der Waals surface area contributed by atoms with Gasteiger partial charge in [-0.2, -0.15) is 10.2 Å². The van der Waals surface area contributed by atoms with Gasteiger partial charge in [0.05, 0.1) is 11.3 Å². The highest BCUT2D eigenvalue weighted by Crippen LogP contribution is 2.08. The van der Waals surface area contributed by atoms with Gasteiger partial charge in [0.15, 0.2) is 5.69 Å². The van der Waals surface area contributed by atoms with E-state index in [0.29, 0.717) is 0 Å². The van der Waals surface area contributed by atoms with Gasteiger partial charge in [0.2, 0.25) is 0 Å². The number of nitrogens with zero attached hydrogens (tertiary/aromatic N) is 4. The Kier molecular flexibility index (Phi) is 3.55. The zero-order valence-corrected chi connectivity index (χ0v) is 11.4. The Hall–Kier alpha value is -2.64. The third kappa shape index (κ3) is 2.68. The van der Waals surface area contributed by atoms with Gasteiger partial charge in [0.1, 0.15) is 0 Å². The molecule has 0 radical (unpaired) electrons. The summed E-state index contributed by atoms with van der Waals surface area (Å²) in [5, 5.41) is 19.6. The lowest BCUT2D eigenvalue weighted by atomic mass is 10.2. The number of hydrogen-bond acceptors (Lipinski definition) is 4. The monoisotopic (exact) mass is 277 g/mol. The number of aromatic carboxylic acids is 1. The van der Waals surface area contributed by atoms with Crippen molar-refractivity contribution < 1.29 is 14.7 Å². The minimum absolute atomic E-state index is 0.0431. The number of nitrogens with one attached hydrogen (secondary N) is 1. The maximum atomic E-state index is 12.0. The Balaban J connectivity index is 2.13. The molecule has 8 nitrogen and oxygen atoms in total. The summed E-state index contributed by atoms with van der Waals surface area (Å²) in [4.78, 5) is 23.0. The van der Waals surface area contributed by atoms with Crippen molar-refractivity contribution in [3.63, 3.8) is 0 Å². The van der Waals surface area contributed by atoms with Gasteiger partial charge < -0.3 is 10.4 Å². The van der Waals surface area contributed by atoms with Crippen molar-refractivity contribution >= 4 is 11.9 Å². The number of amides is 1. The fraction of sp³-hybridized carbons (Fsp3) is 0.333. The maximum absolute atomic E-state index is 12.0. The van der Waals surface area contributed by atoms with E-state index in [-0.39, 0.29) is 17.8 Å². The summed E-state index contributed by atoms with van der Waals surface area (Å²) in [7, 11) is 3.36. The molecule has 106 valence electrons. The number of rotatable bonds is 4. The number of carboxylic acids is 1. The van der Waals surface area contributed by atoms with Crippen LogP contribution in [0.15, 0.2) is 12.4 Å². The molecule has 0 bridgehead atoms. The summed E-state index contributed by atoms with van der Waals surface area (Å²) in [5.74, 6) is -1.70. The van der Waals surface area contributed by atoms with Crippen molar-refractivity contribution in [2.24, 2.45) is 14.1 Å². The van der Waals surface area contributed by atoms with Crippen molar-refractivity contribution in [2.45, 2.75) is 13.5 Å². The quantitative estimate of drug-likeness (QED) is 0.824. The Bertz CT molecular complexity index is 671. The smallest absolute Gasteiger partial charge is 0.357 e. The molecule has 2 aromatic rings.